The summed E-state index contributed by atoms with van der Waals surface area (Å²) in [6.07, 6.45) is -4.80. The quantitative estimate of drug-likeness (QED) is 0.611. The van der Waals surface area contributed by atoms with Crippen molar-refractivity contribution in [2.24, 2.45) is 0 Å². The van der Waals surface area contributed by atoms with Crippen LogP contribution in [0, 0.1) is 0 Å². The summed E-state index contributed by atoms with van der Waals surface area (Å²) in [6.45, 7) is 0.792. The van der Waals surface area contributed by atoms with Crippen LogP contribution >= 0.6 is 0 Å². The third-order valence-corrected chi connectivity index (χ3v) is 4.25. The van der Waals surface area contributed by atoms with E-state index in [1.807, 2.05) is 4.72 Å². The molecule has 0 aliphatic carbocycles. The van der Waals surface area contributed by atoms with Crippen molar-refractivity contribution in [3.05, 3.63) is 24.3 Å². The number of sulfonamides is 1. The molecule has 1 unspecified atom stereocenters. The molecule has 8 nitrogen and oxygen atoms in total. The predicted molar refractivity (Wildman–Crippen MR) is 78.2 cm³/mol. The first-order valence-corrected chi connectivity index (χ1v) is 8.30. The van der Waals surface area contributed by atoms with Crippen molar-refractivity contribution < 1.29 is 41.0 Å². The van der Waals surface area contributed by atoms with E-state index in [9.17, 15) is 31.2 Å². The lowest BCUT2D eigenvalue weighted by molar-refractivity contribution is -0.274. The minimum Gasteiger partial charge on any atom is -0.480 e. The van der Waals surface area contributed by atoms with Crippen molar-refractivity contribution in [2.45, 2.75) is 30.6 Å². The molecular formula is C13H15F3N2O6S. The van der Waals surface area contributed by atoms with Gasteiger partial charge in [-0.1, -0.05) is 6.92 Å². The van der Waals surface area contributed by atoms with E-state index in [1.54, 1.807) is 0 Å². The van der Waals surface area contributed by atoms with E-state index >= 15 is 0 Å². The number of carboxylic acids is 1. The van der Waals surface area contributed by atoms with E-state index in [0.717, 1.165) is 24.3 Å². The number of carboxylic acid groups (broad SMARTS) is 1. The molecule has 0 saturated heterocycles. The van der Waals surface area contributed by atoms with Gasteiger partial charge < -0.3 is 15.2 Å². The van der Waals surface area contributed by atoms with Gasteiger partial charge in [-0.2, -0.15) is 0 Å². The molecular weight excluding hydrogens is 369 g/mol. The highest BCUT2D eigenvalue weighted by Gasteiger charge is 2.31. The van der Waals surface area contributed by atoms with Gasteiger partial charge in [-0.15, -0.1) is 13.2 Å². The summed E-state index contributed by atoms with van der Waals surface area (Å²) in [4.78, 5) is 21.9. The van der Waals surface area contributed by atoms with E-state index in [-0.39, 0.29) is 11.3 Å². The largest absolute Gasteiger partial charge is 0.573 e. The van der Waals surface area contributed by atoms with Gasteiger partial charge in [0, 0.05) is 0 Å². The van der Waals surface area contributed by atoms with Gasteiger partial charge in [0.25, 0.3) is 0 Å². The smallest absolute Gasteiger partial charge is 0.480 e. The van der Waals surface area contributed by atoms with Gasteiger partial charge in [0.2, 0.25) is 15.9 Å². The fraction of sp³-hybridized carbons (Fsp3) is 0.385. The maximum Gasteiger partial charge on any atom is 0.573 e. The topological polar surface area (TPSA) is 122 Å². The van der Waals surface area contributed by atoms with E-state index in [2.05, 4.69) is 10.1 Å². The highest BCUT2D eigenvalue weighted by molar-refractivity contribution is 7.89. The molecule has 12 heteroatoms. The monoisotopic (exact) mass is 384 g/mol. The predicted octanol–water partition coefficient (Wildman–Crippen LogP) is 0.843. The molecule has 0 aliphatic rings. The number of halogens is 3. The Morgan fingerprint density at radius 3 is 2.24 bits per heavy atom. The van der Waals surface area contributed by atoms with E-state index in [4.69, 9.17) is 5.11 Å². The number of carbonyl (C=O) groups is 2. The second kappa shape index (κ2) is 8.16. The number of alkyl halides is 3. The Morgan fingerprint density at radius 1 is 1.24 bits per heavy atom. The number of benzene rings is 1. The first kappa shape index (κ1) is 20.7. The van der Waals surface area contributed by atoms with Crippen LogP contribution < -0.4 is 14.8 Å². The number of rotatable bonds is 8. The van der Waals surface area contributed by atoms with Crippen molar-refractivity contribution in [1.29, 1.82) is 0 Å². The van der Waals surface area contributed by atoms with Crippen LogP contribution in [0.2, 0.25) is 0 Å². The molecule has 1 aromatic carbocycles. The molecule has 0 spiro atoms. The average molecular weight is 384 g/mol. The van der Waals surface area contributed by atoms with Crippen LogP contribution in [0.15, 0.2) is 29.2 Å². The Labute approximate surface area is 141 Å². The Balaban J connectivity index is 2.69. The molecule has 1 aromatic rings. The summed E-state index contributed by atoms with van der Waals surface area (Å²) in [5.74, 6) is -2.73. The highest BCUT2D eigenvalue weighted by Crippen LogP contribution is 2.23. The molecule has 0 bridgehead atoms. The minimum atomic E-state index is -4.91. The van der Waals surface area contributed by atoms with Gasteiger partial charge in [-0.25, -0.2) is 17.9 Å². The molecule has 140 valence electrons. The standard InChI is InChI=1S/C13H15F3N2O6S/c1-2-10(12(20)21)18-11(19)7-17-25(22,23)9-5-3-8(4-6-9)24-13(14,15)16/h3-6,10,17H,2,7H2,1H3,(H,18,19)(H,20,21). The van der Waals surface area contributed by atoms with Crippen LogP contribution in [0.4, 0.5) is 13.2 Å². The first-order valence-electron chi connectivity index (χ1n) is 6.82. The Bertz CT molecular complexity index is 718. The molecule has 0 aromatic heterocycles. The summed E-state index contributed by atoms with van der Waals surface area (Å²) in [5, 5.41) is 10.9. The van der Waals surface area contributed by atoms with E-state index in [0.29, 0.717) is 0 Å². The summed E-state index contributed by atoms with van der Waals surface area (Å²) < 4.78 is 65.5. The number of ether oxygens (including phenoxy) is 1. The lowest BCUT2D eigenvalue weighted by Gasteiger charge is -2.13. The molecule has 0 aliphatic heterocycles. The van der Waals surface area contributed by atoms with Gasteiger partial charge >= 0.3 is 12.3 Å². The van der Waals surface area contributed by atoms with Crippen molar-refractivity contribution in [1.82, 2.24) is 10.0 Å². The van der Waals surface area contributed by atoms with Crippen LogP contribution in [0.1, 0.15) is 13.3 Å². The molecule has 1 atom stereocenters. The molecule has 1 amide bonds. The van der Waals surface area contributed by atoms with Crippen molar-refractivity contribution in [3.8, 4) is 5.75 Å². The first-order chi connectivity index (χ1) is 11.4. The van der Waals surface area contributed by atoms with Gasteiger partial charge in [-0.05, 0) is 30.7 Å². The minimum absolute atomic E-state index is 0.106. The highest BCUT2D eigenvalue weighted by atomic mass is 32.2. The molecule has 0 fully saturated rings. The summed E-state index contributed by atoms with van der Waals surface area (Å²) >= 11 is 0. The number of hydrogen-bond donors (Lipinski definition) is 3. The van der Waals surface area contributed by atoms with Crippen LogP contribution in [-0.2, 0) is 19.6 Å². The van der Waals surface area contributed by atoms with Gasteiger partial charge in [0.05, 0.1) is 11.4 Å². The number of aliphatic carboxylic acids is 1. The van der Waals surface area contributed by atoms with Crippen molar-refractivity contribution in [3.63, 3.8) is 0 Å². The average Bonchev–Trinajstić information content (AvgIpc) is 2.49. The van der Waals surface area contributed by atoms with Crippen molar-refractivity contribution in [2.75, 3.05) is 6.54 Å². The molecule has 0 heterocycles. The molecule has 0 radical (unpaired) electrons. The third-order valence-electron chi connectivity index (χ3n) is 2.83. The zero-order valence-corrected chi connectivity index (χ0v) is 13.6. The lowest BCUT2D eigenvalue weighted by Crippen LogP contribution is -2.45. The molecule has 25 heavy (non-hydrogen) atoms. The summed E-state index contributed by atoms with van der Waals surface area (Å²) in [6, 6.07) is 2.19. The number of nitrogens with one attached hydrogen (secondary N) is 2. The normalized spacial score (nSPS) is 13.1. The number of amides is 1. The SMILES string of the molecule is CCC(NC(=O)CNS(=O)(=O)c1ccc(OC(F)(F)F)cc1)C(=O)O. The third kappa shape index (κ3) is 6.97. The van der Waals surface area contributed by atoms with Crippen LogP contribution in [0.5, 0.6) is 5.75 Å². The number of hydrogen-bond acceptors (Lipinski definition) is 5. The van der Waals surface area contributed by atoms with Crippen LogP contribution in [0.25, 0.3) is 0 Å². The maximum absolute atomic E-state index is 12.0. The second-order valence-electron chi connectivity index (χ2n) is 4.71. The molecule has 3 N–H and O–H groups in total. The summed E-state index contributed by atoms with van der Waals surface area (Å²) in [7, 11) is -4.17. The molecule has 0 saturated carbocycles. The van der Waals surface area contributed by atoms with E-state index < -0.39 is 46.6 Å². The fourth-order valence-electron chi connectivity index (χ4n) is 1.65. The molecule has 1 rings (SSSR count). The Hall–Kier alpha value is -2.34. The second-order valence-corrected chi connectivity index (χ2v) is 6.48. The van der Waals surface area contributed by atoms with Gasteiger partial charge in [0.15, 0.2) is 0 Å². The number of carbonyl (C=O) groups excluding carboxylic acids is 1. The Morgan fingerprint density at radius 2 is 1.80 bits per heavy atom. The van der Waals surface area contributed by atoms with Gasteiger partial charge in [-0.3, -0.25) is 4.79 Å². The van der Waals surface area contributed by atoms with Crippen LogP contribution in [0.3, 0.4) is 0 Å². The zero-order chi connectivity index (χ0) is 19.3. The lowest BCUT2D eigenvalue weighted by atomic mass is 10.2. The zero-order valence-electron chi connectivity index (χ0n) is 12.8. The van der Waals surface area contributed by atoms with Gasteiger partial charge in [0.1, 0.15) is 11.8 Å². The van der Waals surface area contributed by atoms with E-state index in [1.165, 1.54) is 6.92 Å². The maximum atomic E-state index is 12.0. The van der Waals surface area contributed by atoms with Crippen molar-refractivity contribution >= 4 is 21.9 Å². The Kier molecular flexibility index (Phi) is 6.76. The summed E-state index contributed by atoms with van der Waals surface area (Å²) in [5.41, 5.74) is 0. The fourth-order valence-corrected chi connectivity index (χ4v) is 2.63. The van der Waals surface area contributed by atoms with Crippen LogP contribution in [-0.4, -0.2) is 44.3 Å².